The molecule has 0 spiro atoms. The Morgan fingerprint density at radius 1 is 0.607 bits per heavy atom. The molecule has 0 aliphatic rings. The van der Waals surface area contributed by atoms with E-state index in [1.54, 1.807) is 99.3 Å². The molecule has 56 heavy (non-hydrogen) atoms. The SMILES string of the molecule is Cc1c(-c2cnc(C(C)NC(=O)[C@@H](OC(N)=O)c3ccccc3)[nH]2)cnc(-c2ccc(-c3cnc(C(C)NC(=O)[C@@H](OC(N)=O)c4ccccc4)[nH]3)cn2)c1C. The quantitative estimate of drug-likeness (QED) is 0.0855. The molecule has 6 rings (SSSR count). The van der Waals surface area contributed by atoms with Gasteiger partial charge in [0.1, 0.15) is 11.6 Å². The molecule has 16 nitrogen and oxygen atoms in total. The van der Waals surface area contributed by atoms with Crippen LogP contribution >= 0.6 is 0 Å². The van der Waals surface area contributed by atoms with Gasteiger partial charge in [-0.15, -0.1) is 0 Å². The van der Waals surface area contributed by atoms with Gasteiger partial charge >= 0.3 is 12.2 Å². The number of nitrogens with one attached hydrogen (secondary N) is 4. The molecule has 4 amide bonds. The lowest BCUT2D eigenvalue weighted by atomic mass is 10.00. The van der Waals surface area contributed by atoms with Gasteiger partial charge in [0.2, 0.25) is 12.2 Å². The van der Waals surface area contributed by atoms with Crippen molar-refractivity contribution >= 4 is 24.0 Å². The lowest BCUT2D eigenvalue weighted by molar-refractivity contribution is -0.131. The molecular weight excluding hydrogens is 717 g/mol. The summed E-state index contributed by atoms with van der Waals surface area (Å²) in [5.41, 5.74) is 17.6. The molecule has 0 fully saturated rings. The van der Waals surface area contributed by atoms with Gasteiger partial charge in [-0.1, -0.05) is 60.7 Å². The van der Waals surface area contributed by atoms with E-state index in [2.05, 4.69) is 35.6 Å². The molecular formula is C40H40N10O6. The second-order valence-electron chi connectivity index (χ2n) is 13.0. The Kier molecular flexibility index (Phi) is 11.5. The number of imidazole rings is 2. The van der Waals surface area contributed by atoms with Crippen LogP contribution in [0.2, 0.25) is 0 Å². The first-order chi connectivity index (χ1) is 26.9. The topological polar surface area (TPSA) is 246 Å². The summed E-state index contributed by atoms with van der Waals surface area (Å²) in [6.45, 7) is 7.46. The van der Waals surface area contributed by atoms with Crippen LogP contribution in [-0.4, -0.2) is 53.9 Å². The van der Waals surface area contributed by atoms with Crippen LogP contribution in [0.4, 0.5) is 9.59 Å². The van der Waals surface area contributed by atoms with Crippen molar-refractivity contribution in [2.45, 2.75) is 52.0 Å². The van der Waals surface area contributed by atoms with E-state index < -0.39 is 48.3 Å². The number of hydrogen-bond donors (Lipinski definition) is 6. The molecule has 4 heterocycles. The normalized spacial score (nSPS) is 13.1. The molecule has 4 atom stereocenters. The summed E-state index contributed by atoms with van der Waals surface area (Å²) >= 11 is 0. The van der Waals surface area contributed by atoms with Gasteiger partial charge in [0, 0.05) is 34.6 Å². The van der Waals surface area contributed by atoms with Gasteiger partial charge in [-0.25, -0.2) is 19.6 Å². The maximum atomic E-state index is 13.1. The molecule has 0 aliphatic carbocycles. The van der Waals surface area contributed by atoms with Crippen LogP contribution in [0.15, 0.2) is 97.6 Å². The van der Waals surface area contributed by atoms with Crippen molar-refractivity contribution in [2.75, 3.05) is 0 Å². The van der Waals surface area contributed by atoms with E-state index in [1.807, 2.05) is 26.0 Å². The molecule has 0 radical (unpaired) electrons. The largest absolute Gasteiger partial charge is 0.431 e. The second kappa shape index (κ2) is 16.8. The number of carbonyl (C=O) groups excluding carboxylic acids is 4. The predicted octanol–water partition coefficient (Wildman–Crippen LogP) is 5.57. The van der Waals surface area contributed by atoms with Gasteiger partial charge < -0.3 is 41.5 Å². The zero-order chi connectivity index (χ0) is 39.9. The van der Waals surface area contributed by atoms with E-state index in [4.69, 9.17) is 25.9 Å². The summed E-state index contributed by atoms with van der Waals surface area (Å²) in [7, 11) is 0. The van der Waals surface area contributed by atoms with Crippen LogP contribution in [0, 0.1) is 13.8 Å². The number of primary amides is 2. The number of hydrogen-bond acceptors (Lipinski definition) is 10. The van der Waals surface area contributed by atoms with E-state index in [0.717, 1.165) is 22.3 Å². The van der Waals surface area contributed by atoms with E-state index >= 15 is 0 Å². The summed E-state index contributed by atoms with van der Waals surface area (Å²) < 4.78 is 10.2. The van der Waals surface area contributed by atoms with Crippen LogP contribution in [0.25, 0.3) is 33.9 Å². The first-order valence-corrected chi connectivity index (χ1v) is 17.6. The minimum absolute atomic E-state index is 0.480. The highest BCUT2D eigenvalue weighted by Crippen LogP contribution is 2.31. The maximum Gasteiger partial charge on any atom is 0.405 e. The van der Waals surface area contributed by atoms with Crippen LogP contribution in [0.3, 0.4) is 0 Å². The van der Waals surface area contributed by atoms with Crippen LogP contribution in [0.1, 0.15) is 72.0 Å². The van der Waals surface area contributed by atoms with E-state index in [-0.39, 0.29) is 0 Å². The Labute approximate surface area is 321 Å². The number of nitrogens with zero attached hydrogens (tertiary/aromatic N) is 4. The molecule has 6 aromatic rings. The fourth-order valence-electron chi connectivity index (χ4n) is 6.07. The predicted molar refractivity (Wildman–Crippen MR) is 205 cm³/mol. The fourth-order valence-corrected chi connectivity index (χ4v) is 6.07. The van der Waals surface area contributed by atoms with Gasteiger partial charge in [-0.2, -0.15) is 0 Å². The number of benzene rings is 2. The number of carbonyl (C=O) groups is 4. The first-order valence-electron chi connectivity index (χ1n) is 17.6. The number of aromatic nitrogens is 6. The molecule has 16 heteroatoms. The molecule has 0 aliphatic heterocycles. The van der Waals surface area contributed by atoms with Crippen molar-refractivity contribution < 1.29 is 28.7 Å². The molecule has 286 valence electrons. The van der Waals surface area contributed by atoms with Crippen molar-refractivity contribution in [3.05, 3.63) is 131 Å². The number of rotatable bonds is 13. The molecule has 8 N–H and O–H groups in total. The Bertz CT molecular complexity index is 2340. The highest BCUT2D eigenvalue weighted by atomic mass is 16.6. The van der Waals surface area contributed by atoms with Crippen molar-refractivity contribution in [2.24, 2.45) is 11.5 Å². The third-order valence-electron chi connectivity index (χ3n) is 9.13. The second-order valence-corrected chi connectivity index (χ2v) is 13.0. The number of nitrogens with two attached hydrogens (primary N) is 2. The molecule has 2 aromatic carbocycles. The van der Waals surface area contributed by atoms with Gasteiger partial charge in [0.05, 0.1) is 47.3 Å². The van der Waals surface area contributed by atoms with Gasteiger partial charge in [0.25, 0.3) is 11.8 Å². The monoisotopic (exact) mass is 756 g/mol. The summed E-state index contributed by atoms with van der Waals surface area (Å²) in [6, 6.07) is 19.8. The maximum absolute atomic E-state index is 13.1. The third-order valence-corrected chi connectivity index (χ3v) is 9.13. The standard InChI is InChI=1S/C40H40N10O6/c1-21-22(2)32(44-18-28(21)31-20-46-36(50-31)24(4)48-38(52)34(56-40(42)54)26-13-9-6-10-14-26)29-16-15-27(17-43-29)30-19-45-35(49-30)23(3)47-37(51)33(55-39(41)53)25-11-7-5-8-12-25/h5-20,23-24,33-34H,1-4H3,(H2,41,53)(H2,42,54)(H,45,49)(H,46,50)(H,47,51)(H,48,52)/t23?,24?,33-,34-/m0/s1. The summed E-state index contributed by atoms with van der Waals surface area (Å²) in [4.78, 5) is 74.1. The van der Waals surface area contributed by atoms with Crippen molar-refractivity contribution in [3.8, 4) is 33.9 Å². The van der Waals surface area contributed by atoms with E-state index in [9.17, 15) is 19.2 Å². The van der Waals surface area contributed by atoms with Gasteiger partial charge in [0.15, 0.2) is 0 Å². The molecule has 0 saturated carbocycles. The number of H-pyrrole nitrogens is 2. The Balaban J connectivity index is 1.12. The fraction of sp³-hybridized carbons (Fsp3) is 0.200. The zero-order valence-electron chi connectivity index (χ0n) is 30.9. The number of pyridine rings is 2. The molecule has 0 saturated heterocycles. The van der Waals surface area contributed by atoms with Crippen LogP contribution in [0.5, 0.6) is 0 Å². The van der Waals surface area contributed by atoms with Crippen LogP contribution in [-0.2, 0) is 19.1 Å². The van der Waals surface area contributed by atoms with Gasteiger partial charge in [-0.05, 0) is 51.0 Å². The highest BCUT2D eigenvalue weighted by Gasteiger charge is 2.28. The minimum atomic E-state index is -1.22. The molecule has 4 aromatic heterocycles. The number of ether oxygens (including phenoxy) is 2. The molecule has 2 unspecified atom stereocenters. The van der Waals surface area contributed by atoms with Gasteiger partial charge in [-0.3, -0.25) is 19.6 Å². The van der Waals surface area contributed by atoms with E-state index in [0.29, 0.717) is 45.6 Å². The van der Waals surface area contributed by atoms with Crippen molar-refractivity contribution in [3.63, 3.8) is 0 Å². The summed E-state index contributed by atoms with van der Waals surface area (Å²) in [5, 5.41) is 5.66. The summed E-state index contributed by atoms with van der Waals surface area (Å²) in [6.07, 6.45) is 2.20. The summed E-state index contributed by atoms with van der Waals surface area (Å²) in [5.74, 6) is -0.119. The number of aromatic amines is 2. The van der Waals surface area contributed by atoms with Crippen molar-refractivity contribution in [1.82, 2.24) is 40.5 Å². The Morgan fingerprint density at radius 3 is 1.59 bits per heavy atom. The van der Waals surface area contributed by atoms with Crippen molar-refractivity contribution in [1.29, 1.82) is 0 Å². The lowest BCUT2D eigenvalue weighted by Crippen LogP contribution is -2.35. The zero-order valence-corrected chi connectivity index (χ0v) is 30.9. The van der Waals surface area contributed by atoms with E-state index in [1.165, 1.54) is 0 Å². The third kappa shape index (κ3) is 8.71. The smallest absolute Gasteiger partial charge is 0.405 e. The lowest BCUT2D eigenvalue weighted by Gasteiger charge is -2.19. The highest BCUT2D eigenvalue weighted by molar-refractivity contribution is 5.85. The number of amides is 4. The Morgan fingerprint density at radius 2 is 1.11 bits per heavy atom. The molecule has 0 bridgehead atoms. The van der Waals surface area contributed by atoms with Crippen LogP contribution < -0.4 is 22.1 Å². The first kappa shape index (κ1) is 38.4. The average molecular weight is 757 g/mol. The minimum Gasteiger partial charge on any atom is -0.431 e. The Hall–Kier alpha value is -7.36. The average Bonchev–Trinajstić information content (AvgIpc) is 3.89.